The summed E-state index contributed by atoms with van der Waals surface area (Å²) < 4.78 is 24.3. The van der Waals surface area contributed by atoms with E-state index in [1.807, 2.05) is 47.8 Å². The molecule has 34 heavy (non-hydrogen) atoms. The number of aryl methyl sites for hydroxylation is 1. The first-order valence-electron chi connectivity index (χ1n) is 10.6. The highest BCUT2D eigenvalue weighted by atomic mass is 32.1. The standard InChI is InChI=1S/C23H25N5O5S/c1-27-23(29)28(26-25-27)21-6-4-3-5-18(21)15-33-22-24-20(16-34-22)17-7-9-19(10-8-17)32-14-13-31-12-11-30-2/h3-10,16H,11-15H2,1-2H3. The van der Waals surface area contributed by atoms with Crippen LogP contribution < -0.4 is 15.2 Å². The smallest absolute Gasteiger partial charge is 0.368 e. The van der Waals surface area contributed by atoms with Gasteiger partial charge in [-0.25, -0.2) is 9.78 Å². The van der Waals surface area contributed by atoms with Gasteiger partial charge in [-0.2, -0.15) is 9.36 Å². The van der Waals surface area contributed by atoms with Gasteiger partial charge in [0, 0.05) is 30.7 Å². The van der Waals surface area contributed by atoms with Gasteiger partial charge in [-0.15, -0.1) is 0 Å². The first kappa shape index (κ1) is 23.6. The van der Waals surface area contributed by atoms with Crippen LogP contribution in [0.1, 0.15) is 5.56 Å². The van der Waals surface area contributed by atoms with Crippen molar-refractivity contribution in [1.29, 1.82) is 0 Å². The zero-order chi connectivity index (χ0) is 23.8. The third kappa shape index (κ3) is 5.87. The number of para-hydroxylation sites is 1. The fraction of sp³-hybridized carbons (Fsp3) is 0.304. The van der Waals surface area contributed by atoms with Gasteiger partial charge in [0.25, 0.3) is 5.19 Å². The molecule has 0 radical (unpaired) electrons. The zero-order valence-electron chi connectivity index (χ0n) is 18.9. The Balaban J connectivity index is 1.34. The highest BCUT2D eigenvalue weighted by molar-refractivity contribution is 7.11. The Morgan fingerprint density at radius 2 is 1.74 bits per heavy atom. The summed E-state index contributed by atoms with van der Waals surface area (Å²) in [6, 6.07) is 15.1. The molecule has 0 atom stereocenters. The Labute approximate surface area is 200 Å². The molecule has 0 bridgehead atoms. The van der Waals surface area contributed by atoms with E-state index in [1.54, 1.807) is 20.2 Å². The molecule has 0 unspecified atom stereocenters. The van der Waals surface area contributed by atoms with E-state index in [-0.39, 0.29) is 12.3 Å². The molecule has 178 valence electrons. The van der Waals surface area contributed by atoms with Crippen LogP contribution in [0.25, 0.3) is 16.9 Å². The number of nitrogens with zero attached hydrogens (tertiary/aromatic N) is 5. The normalized spacial score (nSPS) is 11.0. The molecule has 10 nitrogen and oxygen atoms in total. The number of hydrogen-bond donors (Lipinski definition) is 0. The summed E-state index contributed by atoms with van der Waals surface area (Å²) in [5, 5.41) is 10.2. The third-order valence-corrected chi connectivity index (χ3v) is 5.61. The molecular weight excluding hydrogens is 458 g/mol. The van der Waals surface area contributed by atoms with Crippen molar-refractivity contribution >= 4 is 11.3 Å². The van der Waals surface area contributed by atoms with Crippen LogP contribution in [0.4, 0.5) is 0 Å². The number of ether oxygens (including phenoxy) is 4. The molecule has 0 spiro atoms. The minimum atomic E-state index is -0.324. The van der Waals surface area contributed by atoms with E-state index in [0.29, 0.717) is 37.3 Å². The van der Waals surface area contributed by atoms with E-state index >= 15 is 0 Å². The van der Waals surface area contributed by atoms with Gasteiger partial charge in [0.15, 0.2) is 0 Å². The van der Waals surface area contributed by atoms with Gasteiger partial charge in [0.05, 0.1) is 31.2 Å². The minimum absolute atomic E-state index is 0.241. The number of methoxy groups -OCH3 is 1. The van der Waals surface area contributed by atoms with Crippen LogP contribution in [0.3, 0.4) is 0 Å². The predicted octanol–water partition coefficient (Wildman–Crippen LogP) is 2.71. The monoisotopic (exact) mass is 483 g/mol. The molecule has 0 fully saturated rings. The zero-order valence-corrected chi connectivity index (χ0v) is 19.7. The van der Waals surface area contributed by atoms with Gasteiger partial charge in [-0.05, 0) is 40.8 Å². The van der Waals surface area contributed by atoms with Crippen molar-refractivity contribution in [3.8, 4) is 27.9 Å². The van der Waals surface area contributed by atoms with Crippen LogP contribution in [-0.4, -0.2) is 58.3 Å². The number of thiazole rings is 1. The van der Waals surface area contributed by atoms with E-state index in [2.05, 4.69) is 15.4 Å². The molecule has 0 aliphatic heterocycles. The molecule has 4 rings (SSSR count). The fourth-order valence-corrected chi connectivity index (χ4v) is 3.76. The minimum Gasteiger partial charge on any atom is -0.491 e. The maximum absolute atomic E-state index is 12.2. The average Bonchev–Trinajstić information content (AvgIpc) is 3.47. The average molecular weight is 484 g/mol. The van der Waals surface area contributed by atoms with Crippen molar-refractivity contribution in [2.45, 2.75) is 6.61 Å². The number of rotatable bonds is 12. The molecule has 0 N–H and O–H groups in total. The SMILES string of the molecule is COCCOCCOc1ccc(-c2csc(OCc3ccccc3-n3nnn(C)c3=O)n2)cc1. The van der Waals surface area contributed by atoms with Gasteiger partial charge in [-0.1, -0.05) is 29.5 Å². The van der Waals surface area contributed by atoms with Crippen LogP contribution in [0.15, 0.2) is 58.7 Å². The fourth-order valence-electron chi connectivity index (χ4n) is 3.08. The first-order valence-corrected chi connectivity index (χ1v) is 11.5. The second kappa shape index (κ2) is 11.5. The predicted molar refractivity (Wildman–Crippen MR) is 127 cm³/mol. The Morgan fingerprint density at radius 3 is 2.50 bits per heavy atom. The van der Waals surface area contributed by atoms with Gasteiger partial charge < -0.3 is 18.9 Å². The van der Waals surface area contributed by atoms with Gasteiger partial charge in [0.1, 0.15) is 19.0 Å². The molecule has 0 amide bonds. The molecule has 2 heterocycles. The van der Waals surface area contributed by atoms with Crippen LogP contribution >= 0.6 is 11.3 Å². The Hall–Kier alpha value is -3.54. The van der Waals surface area contributed by atoms with E-state index in [9.17, 15) is 4.79 Å². The number of aromatic nitrogens is 5. The Bertz CT molecular complexity index is 1250. The van der Waals surface area contributed by atoms with Crippen LogP contribution in [0.5, 0.6) is 10.9 Å². The summed E-state index contributed by atoms with van der Waals surface area (Å²) in [5.74, 6) is 0.765. The van der Waals surface area contributed by atoms with Gasteiger partial charge >= 0.3 is 5.69 Å². The molecule has 0 aliphatic rings. The third-order valence-electron chi connectivity index (χ3n) is 4.85. The summed E-state index contributed by atoms with van der Waals surface area (Å²) in [6.07, 6.45) is 0. The lowest BCUT2D eigenvalue weighted by Gasteiger charge is -2.08. The highest BCUT2D eigenvalue weighted by Gasteiger charge is 2.12. The van der Waals surface area contributed by atoms with Crippen molar-refractivity contribution in [3.05, 3.63) is 70.0 Å². The van der Waals surface area contributed by atoms with E-state index in [4.69, 9.17) is 18.9 Å². The molecule has 11 heteroatoms. The van der Waals surface area contributed by atoms with Crippen LogP contribution in [-0.2, 0) is 23.1 Å². The quantitative estimate of drug-likeness (QED) is 0.284. The molecule has 0 saturated carbocycles. The summed E-state index contributed by atoms with van der Waals surface area (Å²) in [4.78, 5) is 16.8. The van der Waals surface area contributed by atoms with Gasteiger partial charge in [-0.3, -0.25) is 0 Å². The van der Waals surface area contributed by atoms with E-state index in [1.165, 1.54) is 20.7 Å². The van der Waals surface area contributed by atoms with Crippen LogP contribution in [0.2, 0.25) is 0 Å². The lowest BCUT2D eigenvalue weighted by Crippen LogP contribution is -2.23. The Morgan fingerprint density at radius 1 is 0.941 bits per heavy atom. The topological polar surface area (TPSA) is 103 Å². The maximum atomic E-state index is 12.2. The second-order valence-electron chi connectivity index (χ2n) is 7.19. The molecule has 0 aliphatic carbocycles. The number of hydrogen-bond acceptors (Lipinski definition) is 9. The molecular formula is C23H25N5O5S. The number of benzene rings is 2. The second-order valence-corrected chi connectivity index (χ2v) is 8.01. The largest absolute Gasteiger partial charge is 0.491 e. The number of tetrazole rings is 1. The van der Waals surface area contributed by atoms with Crippen molar-refractivity contribution in [2.75, 3.05) is 33.5 Å². The maximum Gasteiger partial charge on any atom is 0.368 e. The van der Waals surface area contributed by atoms with Crippen molar-refractivity contribution in [1.82, 2.24) is 24.8 Å². The summed E-state index contributed by atoms with van der Waals surface area (Å²) >= 11 is 1.41. The van der Waals surface area contributed by atoms with Crippen molar-refractivity contribution < 1.29 is 18.9 Å². The van der Waals surface area contributed by atoms with Crippen molar-refractivity contribution in [2.24, 2.45) is 7.05 Å². The van der Waals surface area contributed by atoms with E-state index < -0.39 is 0 Å². The first-order chi connectivity index (χ1) is 16.7. The summed E-state index contributed by atoms with van der Waals surface area (Å²) in [6.45, 7) is 2.34. The summed E-state index contributed by atoms with van der Waals surface area (Å²) in [7, 11) is 3.20. The van der Waals surface area contributed by atoms with E-state index in [0.717, 1.165) is 22.6 Å². The lowest BCUT2D eigenvalue weighted by atomic mass is 10.2. The van der Waals surface area contributed by atoms with Crippen LogP contribution in [0, 0.1) is 0 Å². The van der Waals surface area contributed by atoms with Crippen molar-refractivity contribution in [3.63, 3.8) is 0 Å². The molecule has 2 aromatic carbocycles. The highest BCUT2D eigenvalue weighted by Crippen LogP contribution is 2.28. The van der Waals surface area contributed by atoms with Gasteiger partial charge in [0.2, 0.25) is 0 Å². The molecule has 2 aromatic heterocycles. The lowest BCUT2D eigenvalue weighted by molar-refractivity contribution is 0.0544. The Kier molecular flexibility index (Phi) is 8.02. The molecule has 4 aromatic rings. The summed E-state index contributed by atoms with van der Waals surface area (Å²) in [5.41, 5.74) is 2.87. The molecule has 0 saturated heterocycles.